The molecule has 1 heterocycles. The molecule has 2 aromatic carbocycles. The second-order valence-electron chi connectivity index (χ2n) is 7.58. The highest BCUT2D eigenvalue weighted by Gasteiger charge is 2.19. The van der Waals surface area contributed by atoms with Gasteiger partial charge in [0.05, 0.1) is 5.52 Å². The van der Waals surface area contributed by atoms with Crippen LogP contribution >= 0.6 is 11.6 Å². The monoisotopic (exact) mass is 417 g/mol. The standard InChI is InChI=1S/C22H25ClFN3O2/c1-4-26(11-14(2)3)12-15-9-17(24)6-7-18(15)22-19-10-16(23)5-8-20(19)27(25-22)13-21(28)29/h5-10,14H,4,11-13H2,1-3H3,(H,28,29). The number of carboxylic acid groups (broad SMARTS) is 1. The van der Waals surface area contributed by atoms with Crippen LogP contribution in [0.25, 0.3) is 22.2 Å². The predicted molar refractivity (Wildman–Crippen MR) is 114 cm³/mol. The number of benzene rings is 2. The van der Waals surface area contributed by atoms with E-state index in [4.69, 9.17) is 11.6 Å². The van der Waals surface area contributed by atoms with Crippen LogP contribution in [0.1, 0.15) is 26.3 Å². The van der Waals surface area contributed by atoms with Gasteiger partial charge in [0, 0.05) is 29.1 Å². The van der Waals surface area contributed by atoms with Crippen molar-refractivity contribution in [2.75, 3.05) is 13.1 Å². The van der Waals surface area contributed by atoms with E-state index in [0.717, 1.165) is 29.6 Å². The first-order valence-corrected chi connectivity index (χ1v) is 10.0. The van der Waals surface area contributed by atoms with Crippen LogP contribution in [0.2, 0.25) is 5.02 Å². The minimum Gasteiger partial charge on any atom is -0.480 e. The third-order valence-electron chi connectivity index (χ3n) is 4.78. The summed E-state index contributed by atoms with van der Waals surface area (Å²) < 4.78 is 15.5. The number of fused-ring (bicyclic) bond motifs is 1. The summed E-state index contributed by atoms with van der Waals surface area (Å²) in [5.74, 6) is -0.803. The van der Waals surface area contributed by atoms with Gasteiger partial charge in [-0.05, 0) is 54.4 Å². The lowest BCUT2D eigenvalue weighted by Crippen LogP contribution is -2.27. The minimum atomic E-state index is -0.982. The van der Waals surface area contributed by atoms with Gasteiger partial charge in [-0.25, -0.2) is 4.39 Å². The van der Waals surface area contributed by atoms with E-state index < -0.39 is 5.97 Å². The molecule has 0 radical (unpaired) electrons. The topological polar surface area (TPSA) is 58.4 Å². The summed E-state index contributed by atoms with van der Waals surface area (Å²) >= 11 is 6.20. The fraction of sp³-hybridized carbons (Fsp3) is 0.364. The maximum Gasteiger partial charge on any atom is 0.325 e. The van der Waals surface area contributed by atoms with Gasteiger partial charge in [-0.15, -0.1) is 0 Å². The fourth-order valence-electron chi connectivity index (χ4n) is 3.59. The average Bonchev–Trinajstić information content (AvgIpc) is 2.97. The highest BCUT2D eigenvalue weighted by atomic mass is 35.5. The Morgan fingerprint density at radius 2 is 2.03 bits per heavy atom. The Bertz CT molecular complexity index is 1030. The zero-order valence-corrected chi connectivity index (χ0v) is 17.6. The Hall–Kier alpha value is -2.44. The van der Waals surface area contributed by atoms with Crippen LogP contribution in [-0.2, 0) is 17.9 Å². The molecule has 0 saturated carbocycles. The third kappa shape index (κ3) is 4.95. The highest BCUT2D eigenvalue weighted by Crippen LogP contribution is 2.33. The Morgan fingerprint density at radius 1 is 1.28 bits per heavy atom. The minimum absolute atomic E-state index is 0.261. The molecule has 0 atom stereocenters. The molecule has 7 heteroatoms. The van der Waals surface area contributed by atoms with E-state index in [9.17, 15) is 14.3 Å². The summed E-state index contributed by atoms with van der Waals surface area (Å²) in [6, 6.07) is 9.89. The number of aliphatic carboxylic acids is 1. The smallest absolute Gasteiger partial charge is 0.325 e. The summed E-state index contributed by atoms with van der Waals surface area (Å²) in [5.41, 5.74) is 2.88. The number of hydrogen-bond acceptors (Lipinski definition) is 3. The van der Waals surface area contributed by atoms with E-state index in [1.807, 2.05) is 0 Å². The van der Waals surface area contributed by atoms with Gasteiger partial charge in [-0.3, -0.25) is 14.4 Å². The Balaban J connectivity index is 2.14. The molecule has 0 unspecified atom stereocenters. The first-order valence-electron chi connectivity index (χ1n) is 9.67. The van der Waals surface area contributed by atoms with Gasteiger partial charge in [-0.2, -0.15) is 5.10 Å². The maximum absolute atomic E-state index is 14.1. The molecule has 0 spiro atoms. The van der Waals surface area contributed by atoms with Crippen LogP contribution in [0, 0.1) is 11.7 Å². The van der Waals surface area contributed by atoms with Crippen LogP contribution in [0.3, 0.4) is 0 Å². The molecule has 29 heavy (non-hydrogen) atoms. The first-order chi connectivity index (χ1) is 13.8. The van der Waals surface area contributed by atoms with Crippen LogP contribution in [0.5, 0.6) is 0 Å². The Labute approximate surface area is 174 Å². The van der Waals surface area contributed by atoms with Gasteiger partial charge in [0.15, 0.2) is 0 Å². The van der Waals surface area contributed by atoms with Crippen molar-refractivity contribution in [1.82, 2.24) is 14.7 Å². The van der Waals surface area contributed by atoms with E-state index in [1.165, 1.54) is 16.8 Å². The number of aromatic nitrogens is 2. The molecule has 0 saturated heterocycles. The molecule has 0 aliphatic rings. The van der Waals surface area contributed by atoms with Gasteiger partial charge in [-0.1, -0.05) is 32.4 Å². The summed E-state index contributed by atoms with van der Waals surface area (Å²) in [5, 5.41) is 15.1. The van der Waals surface area contributed by atoms with Gasteiger partial charge in [0.25, 0.3) is 0 Å². The normalized spacial score (nSPS) is 11.7. The van der Waals surface area contributed by atoms with Crippen LogP contribution in [-0.4, -0.2) is 38.8 Å². The van der Waals surface area contributed by atoms with E-state index in [0.29, 0.717) is 28.7 Å². The number of rotatable bonds is 8. The SMILES string of the molecule is CCN(Cc1cc(F)ccc1-c1nn(CC(=O)O)c2ccc(Cl)cc12)CC(C)C. The molecule has 0 aliphatic heterocycles. The van der Waals surface area contributed by atoms with Crippen molar-refractivity contribution in [2.45, 2.75) is 33.9 Å². The maximum atomic E-state index is 14.1. The van der Waals surface area contributed by atoms with Gasteiger partial charge in [0.2, 0.25) is 0 Å². The number of nitrogens with zero attached hydrogens (tertiary/aromatic N) is 3. The van der Waals surface area contributed by atoms with E-state index in [-0.39, 0.29) is 12.4 Å². The van der Waals surface area contributed by atoms with E-state index in [1.54, 1.807) is 24.3 Å². The lowest BCUT2D eigenvalue weighted by atomic mass is 10.0. The van der Waals surface area contributed by atoms with Crippen LogP contribution in [0.4, 0.5) is 4.39 Å². The average molecular weight is 418 g/mol. The Kier molecular flexibility index (Phi) is 6.55. The molecular formula is C22H25ClFN3O2. The van der Waals surface area contributed by atoms with Crippen molar-refractivity contribution in [3.05, 3.63) is 52.8 Å². The zero-order chi connectivity index (χ0) is 21.1. The molecular weight excluding hydrogens is 393 g/mol. The molecule has 3 aromatic rings. The van der Waals surface area contributed by atoms with Crippen molar-refractivity contribution >= 4 is 28.5 Å². The molecule has 0 fully saturated rings. The first kappa shape index (κ1) is 21.3. The summed E-state index contributed by atoms with van der Waals surface area (Å²) in [4.78, 5) is 13.5. The number of carboxylic acids is 1. The summed E-state index contributed by atoms with van der Waals surface area (Å²) in [6.07, 6.45) is 0. The zero-order valence-electron chi connectivity index (χ0n) is 16.8. The van der Waals surface area contributed by atoms with Gasteiger partial charge >= 0.3 is 5.97 Å². The van der Waals surface area contributed by atoms with E-state index in [2.05, 4.69) is 30.8 Å². The molecule has 1 aromatic heterocycles. The van der Waals surface area contributed by atoms with E-state index >= 15 is 0 Å². The summed E-state index contributed by atoms with van der Waals surface area (Å²) in [7, 11) is 0. The second kappa shape index (κ2) is 8.93. The van der Waals surface area contributed by atoms with Crippen LogP contribution < -0.4 is 0 Å². The second-order valence-corrected chi connectivity index (χ2v) is 8.02. The van der Waals surface area contributed by atoms with Crippen molar-refractivity contribution in [3.63, 3.8) is 0 Å². The van der Waals surface area contributed by atoms with Crippen molar-refractivity contribution in [3.8, 4) is 11.3 Å². The lowest BCUT2D eigenvalue weighted by Gasteiger charge is -2.23. The van der Waals surface area contributed by atoms with Gasteiger partial charge < -0.3 is 5.11 Å². The molecule has 154 valence electrons. The number of carbonyl (C=O) groups is 1. The number of halogens is 2. The fourth-order valence-corrected chi connectivity index (χ4v) is 3.76. The molecule has 0 bridgehead atoms. The third-order valence-corrected chi connectivity index (χ3v) is 5.02. The Morgan fingerprint density at radius 3 is 2.69 bits per heavy atom. The van der Waals surface area contributed by atoms with Crippen molar-refractivity contribution in [2.24, 2.45) is 5.92 Å². The van der Waals surface area contributed by atoms with Crippen molar-refractivity contribution < 1.29 is 14.3 Å². The molecule has 1 N–H and O–H groups in total. The summed E-state index contributed by atoms with van der Waals surface area (Å²) in [6.45, 7) is 8.44. The lowest BCUT2D eigenvalue weighted by molar-refractivity contribution is -0.137. The molecule has 0 aliphatic carbocycles. The van der Waals surface area contributed by atoms with Crippen LogP contribution in [0.15, 0.2) is 36.4 Å². The largest absolute Gasteiger partial charge is 0.480 e. The molecule has 3 rings (SSSR count). The quantitative estimate of drug-likeness (QED) is 0.556. The molecule has 0 amide bonds. The van der Waals surface area contributed by atoms with Gasteiger partial charge in [0.1, 0.15) is 18.1 Å². The number of hydrogen-bond donors (Lipinski definition) is 1. The van der Waals surface area contributed by atoms with Crippen molar-refractivity contribution in [1.29, 1.82) is 0 Å². The molecule has 5 nitrogen and oxygen atoms in total. The highest BCUT2D eigenvalue weighted by molar-refractivity contribution is 6.31. The predicted octanol–water partition coefficient (Wildman–Crippen LogP) is 5.06.